The topological polar surface area (TPSA) is 58.6 Å². The zero-order valence-electron chi connectivity index (χ0n) is 13.5. The molecule has 1 amide bonds. The third-order valence-electron chi connectivity index (χ3n) is 4.27. The lowest BCUT2D eigenvalue weighted by molar-refractivity contribution is -0.128. The summed E-state index contributed by atoms with van der Waals surface area (Å²) in [4.78, 5) is 12.4. The molecule has 2 aromatic rings. The Balaban J connectivity index is 1.64. The smallest absolute Gasteiger partial charge is 0.261 e. The molecule has 0 bridgehead atoms. The van der Waals surface area contributed by atoms with E-state index >= 15 is 0 Å². The molecule has 0 heterocycles. The lowest BCUT2D eigenvalue weighted by atomic mass is 10.0. The van der Waals surface area contributed by atoms with Crippen molar-refractivity contribution < 1.29 is 19.0 Å². The second-order valence-electron chi connectivity index (χ2n) is 6.14. The van der Waals surface area contributed by atoms with Crippen LogP contribution in [-0.4, -0.2) is 17.1 Å². The van der Waals surface area contributed by atoms with E-state index in [1.54, 1.807) is 43.3 Å². The van der Waals surface area contributed by atoms with E-state index in [-0.39, 0.29) is 18.3 Å². The van der Waals surface area contributed by atoms with E-state index in [4.69, 9.17) is 9.84 Å². The first-order chi connectivity index (χ1) is 11.5. The van der Waals surface area contributed by atoms with Crippen molar-refractivity contribution in [1.29, 1.82) is 0 Å². The Hall–Kier alpha value is -2.40. The number of hydrogen-bond donors (Lipinski definition) is 2. The Morgan fingerprint density at radius 1 is 1.29 bits per heavy atom. The minimum absolute atomic E-state index is 0.0779. The Morgan fingerprint density at radius 2 is 2.00 bits per heavy atom. The maximum Gasteiger partial charge on any atom is 0.261 e. The van der Waals surface area contributed by atoms with Gasteiger partial charge in [-0.25, -0.2) is 4.39 Å². The number of carbonyl (C=O) groups is 1. The number of rotatable bonds is 6. The van der Waals surface area contributed by atoms with Crippen LogP contribution in [0.3, 0.4) is 0 Å². The standard InChI is InChI=1S/C19H20FNO3/c1-13(24-17-4-2-3-14(11-17)12-22)18(23)21-19(9-10-19)15-5-7-16(20)8-6-15/h2-8,11,13,22H,9-10,12H2,1H3,(H,21,23)/t13-/m1/s1. The average molecular weight is 329 g/mol. The normalized spacial score (nSPS) is 16.3. The Morgan fingerprint density at radius 3 is 2.62 bits per heavy atom. The Labute approximate surface area is 140 Å². The lowest BCUT2D eigenvalue weighted by Gasteiger charge is -2.21. The SMILES string of the molecule is C[C@@H](Oc1cccc(CO)c1)C(=O)NC1(c2ccc(F)cc2)CC1. The molecule has 126 valence electrons. The van der Waals surface area contributed by atoms with Gasteiger partial charge in [0.25, 0.3) is 5.91 Å². The van der Waals surface area contributed by atoms with E-state index in [0.717, 1.165) is 24.0 Å². The molecule has 2 aromatic carbocycles. The van der Waals surface area contributed by atoms with E-state index in [0.29, 0.717) is 5.75 Å². The molecule has 0 unspecified atom stereocenters. The van der Waals surface area contributed by atoms with Crippen LogP contribution in [0, 0.1) is 5.82 Å². The van der Waals surface area contributed by atoms with Crippen LogP contribution >= 0.6 is 0 Å². The Kier molecular flexibility index (Phi) is 4.53. The molecule has 1 aliphatic rings. The van der Waals surface area contributed by atoms with Crippen LogP contribution < -0.4 is 10.1 Å². The van der Waals surface area contributed by atoms with Crippen LogP contribution in [-0.2, 0) is 16.9 Å². The molecule has 24 heavy (non-hydrogen) atoms. The number of carbonyl (C=O) groups excluding carboxylic acids is 1. The summed E-state index contributed by atoms with van der Waals surface area (Å²) in [6.45, 7) is 1.60. The van der Waals surface area contributed by atoms with Crippen molar-refractivity contribution >= 4 is 5.91 Å². The van der Waals surface area contributed by atoms with Gasteiger partial charge in [-0.2, -0.15) is 0 Å². The van der Waals surface area contributed by atoms with E-state index < -0.39 is 11.6 Å². The highest BCUT2D eigenvalue weighted by Crippen LogP contribution is 2.45. The van der Waals surface area contributed by atoms with Crippen molar-refractivity contribution in [3.05, 3.63) is 65.5 Å². The van der Waals surface area contributed by atoms with Crippen LogP contribution in [0.15, 0.2) is 48.5 Å². The molecular formula is C19H20FNO3. The van der Waals surface area contributed by atoms with Gasteiger partial charge in [0.05, 0.1) is 12.1 Å². The fourth-order valence-electron chi connectivity index (χ4n) is 2.69. The predicted octanol–water partition coefficient (Wildman–Crippen LogP) is 2.89. The monoisotopic (exact) mass is 329 g/mol. The summed E-state index contributed by atoms with van der Waals surface area (Å²) in [6, 6.07) is 13.2. The molecule has 3 rings (SSSR count). The second-order valence-corrected chi connectivity index (χ2v) is 6.14. The van der Waals surface area contributed by atoms with E-state index in [1.165, 1.54) is 12.1 Å². The minimum Gasteiger partial charge on any atom is -0.481 e. The molecule has 1 fully saturated rings. The molecular weight excluding hydrogens is 309 g/mol. The molecule has 4 nitrogen and oxygen atoms in total. The molecule has 1 atom stereocenters. The maximum absolute atomic E-state index is 13.1. The molecule has 0 radical (unpaired) electrons. The van der Waals surface area contributed by atoms with Gasteiger partial charge in [-0.3, -0.25) is 4.79 Å². The first-order valence-corrected chi connectivity index (χ1v) is 7.97. The van der Waals surface area contributed by atoms with Crippen LogP contribution in [0.2, 0.25) is 0 Å². The van der Waals surface area contributed by atoms with E-state index in [1.807, 2.05) is 0 Å². The zero-order valence-corrected chi connectivity index (χ0v) is 13.5. The minimum atomic E-state index is -0.670. The predicted molar refractivity (Wildman–Crippen MR) is 87.9 cm³/mol. The van der Waals surface area contributed by atoms with Crippen LogP contribution in [0.5, 0.6) is 5.75 Å². The van der Waals surface area contributed by atoms with Gasteiger partial charge in [-0.05, 0) is 55.2 Å². The van der Waals surface area contributed by atoms with Crippen molar-refractivity contribution in [1.82, 2.24) is 5.32 Å². The number of ether oxygens (including phenoxy) is 1. The third-order valence-corrected chi connectivity index (χ3v) is 4.27. The van der Waals surface area contributed by atoms with Gasteiger partial charge >= 0.3 is 0 Å². The van der Waals surface area contributed by atoms with Crippen LogP contribution in [0.25, 0.3) is 0 Å². The van der Waals surface area contributed by atoms with Gasteiger partial charge in [-0.15, -0.1) is 0 Å². The van der Waals surface area contributed by atoms with Crippen molar-refractivity contribution in [3.63, 3.8) is 0 Å². The van der Waals surface area contributed by atoms with Gasteiger partial charge in [-0.1, -0.05) is 24.3 Å². The highest BCUT2D eigenvalue weighted by Gasteiger charge is 2.46. The number of halogens is 1. The molecule has 2 N–H and O–H groups in total. The molecule has 5 heteroatoms. The number of hydrogen-bond acceptors (Lipinski definition) is 3. The number of amides is 1. The summed E-state index contributed by atoms with van der Waals surface area (Å²) < 4.78 is 18.7. The molecule has 1 aliphatic carbocycles. The third kappa shape index (κ3) is 3.57. The summed E-state index contributed by atoms with van der Waals surface area (Å²) in [5, 5.41) is 12.2. The molecule has 0 aliphatic heterocycles. The molecule has 0 spiro atoms. The van der Waals surface area contributed by atoms with Gasteiger partial charge in [0.1, 0.15) is 11.6 Å². The van der Waals surface area contributed by atoms with Crippen molar-refractivity contribution in [2.75, 3.05) is 0 Å². The summed E-state index contributed by atoms with van der Waals surface area (Å²) in [5.74, 6) is 0.0309. The summed E-state index contributed by atoms with van der Waals surface area (Å²) in [6.07, 6.45) is 0.991. The first-order valence-electron chi connectivity index (χ1n) is 7.97. The van der Waals surface area contributed by atoms with Crippen molar-refractivity contribution in [2.45, 2.75) is 38.0 Å². The summed E-state index contributed by atoms with van der Waals surface area (Å²) in [5.41, 5.74) is 1.23. The average Bonchev–Trinajstić information content (AvgIpc) is 3.36. The Bertz CT molecular complexity index is 726. The second kappa shape index (κ2) is 6.61. The zero-order chi connectivity index (χ0) is 17.2. The lowest BCUT2D eigenvalue weighted by Crippen LogP contribution is -2.42. The van der Waals surface area contributed by atoms with Crippen molar-refractivity contribution in [2.24, 2.45) is 0 Å². The van der Waals surface area contributed by atoms with Crippen LogP contribution in [0.1, 0.15) is 30.9 Å². The van der Waals surface area contributed by atoms with E-state index in [9.17, 15) is 9.18 Å². The van der Waals surface area contributed by atoms with Gasteiger partial charge < -0.3 is 15.2 Å². The number of nitrogens with one attached hydrogen (secondary N) is 1. The summed E-state index contributed by atoms with van der Waals surface area (Å²) >= 11 is 0. The molecule has 0 saturated heterocycles. The number of benzene rings is 2. The number of aliphatic hydroxyl groups is 1. The summed E-state index contributed by atoms with van der Waals surface area (Å²) in [7, 11) is 0. The maximum atomic E-state index is 13.1. The molecule has 1 saturated carbocycles. The first kappa shape index (κ1) is 16.5. The number of aliphatic hydroxyl groups excluding tert-OH is 1. The van der Waals surface area contributed by atoms with Gasteiger partial charge in [0, 0.05) is 0 Å². The quantitative estimate of drug-likeness (QED) is 0.857. The molecule has 0 aromatic heterocycles. The van der Waals surface area contributed by atoms with Gasteiger partial charge in [0.2, 0.25) is 0 Å². The van der Waals surface area contributed by atoms with Crippen LogP contribution in [0.4, 0.5) is 4.39 Å². The fraction of sp³-hybridized carbons (Fsp3) is 0.316. The fourth-order valence-corrected chi connectivity index (χ4v) is 2.69. The largest absolute Gasteiger partial charge is 0.481 e. The highest BCUT2D eigenvalue weighted by molar-refractivity contribution is 5.82. The van der Waals surface area contributed by atoms with E-state index in [2.05, 4.69) is 5.32 Å². The van der Waals surface area contributed by atoms with Crippen molar-refractivity contribution in [3.8, 4) is 5.75 Å². The van der Waals surface area contributed by atoms with Gasteiger partial charge in [0.15, 0.2) is 6.10 Å². The highest BCUT2D eigenvalue weighted by atomic mass is 19.1.